The van der Waals surface area contributed by atoms with E-state index in [0.29, 0.717) is 10.3 Å². The number of hydrogen-bond acceptors (Lipinski definition) is 9. The Kier molecular flexibility index (Phi) is 7.37. The monoisotopic (exact) mass is 583 g/mol. The topological polar surface area (TPSA) is 155 Å². The molecule has 11 nitrogen and oxygen atoms in total. The molecule has 37 heavy (non-hydrogen) atoms. The molecule has 1 aromatic heterocycles. The van der Waals surface area contributed by atoms with Gasteiger partial charge in [0.15, 0.2) is 5.58 Å². The van der Waals surface area contributed by atoms with Crippen molar-refractivity contribution < 1.29 is 23.8 Å². The minimum absolute atomic E-state index is 0.0294. The average molecular weight is 585 g/mol. The molecular weight excluding hydrogens is 573 g/mol. The van der Waals surface area contributed by atoms with Gasteiger partial charge in [0.1, 0.15) is 5.75 Å². The molecule has 0 radical (unpaired) electrons. The van der Waals surface area contributed by atoms with Crippen LogP contribution in [0.2, 0.25) is 0 Å². The highest BCUT2D eigenvalue weighted by Gasteiger charge is 2.37. The van der Waals surface area contributed by atoms with Crippen molar-refractivity contribution >= 4 is 73.7 Å². The summed E-state index contributed by atoms with van der Waals surface area (Å²) in [6.07, 6.45) is -1.59. The second-order valence-electron chi connectivity index (χ2n) is 7.38. The van der Waals surface area contributed by atoms with E-state index >= 15 is 0 Å². The number of non-ortho nitro benzene ring substituents is 2. The predicted molar refractivity (Wildman–Crippen MR) is 138 cm³/mol. The van der Waals surface area contributed by atoms with Crippen LogP contribution >= 0.6 is 46.1 Å². The van der Waals surface area contributed by atoms with Gasteiger partial charge in [0, 0.05) is 41.5 Å². The first-order chi connectivity index (χ1) is 17.4. The van der Waals surface area contributed by atoms with Crippen LogP contribution in [0.1, 0.15) is 10.4 Å². The third kappa shape index (κ3) is 6.00. The fourth-order valence-electron chi connectivity index (χ4n) is 3.30. The number of nitro benzene ring substituents is 2. The van der Waals surface area contributed by atoms with Crippen LogP contribution in [0.25, 0.3) is 21.4 Å². The number of nitrogens with zero attached hydrogens (tertiary/aromatic N) is 2. The number of benzene rings is 3. The molecular formula is C22H12Cl3N3O8S. The zero-order valence-corrected chi connectivity index (χ0v) is 21.1. The lowest BCUT2D eigenvalue weighted by atomic mass is 10.0. The van der Waals surface area contributed by atoms with Gasteiger partial charge in [-0.05, 0) is 17.7 Å². The van der Waals surface area contributed by atoms with E-state index in [2.05, 4.69) is 5.32 Å². The summed E-state index contributed by atoms with van der Waals surface area (Å²) in [5.74, 6) is -0.797. The first-order valence-corrected chi connectivity index (χ1v) is 12.0. The van der Waals surface area contributed by atoms with Crippen molar-refractivity contribution in [1.82, 2.24) is 5.32 Å². The van der Waals surface area contributed by atoms with E-state index in [9.17, 15) is 29.8 Å². The molecule has 0 saturated heterocycles. The maximum Gasteiger partial charge on any atom is 0.396 e. The van der Waals surface area contributed by atoms with E-state index in [1.807, 2.05) is 0 Å². The highest BCUT2D eigenvalue weighted by atomic mass is 35.6. The highest BCUT2D eigenvalue weighted by Crippen LogP contribution is 2.38. The zero-order valence-electron chi connectivity index (χ0n) is 18.1. The molecule has 0 aliphatic rings. The zero-order chi connectivity index (χ0) is 26.9. The van der Waals surface area contributed by atoms with E-state index < -0.39 is 30.7 Å². The molecule has 4 rings (SSSR count). The van der Waals surface area contributed by atoms with Gasteiger partial charge in [-0.25, -0.2) is 4.79 Å². The van der Waals surface area contributed by atoms with Crippen LogP contribution in [0, 0.1) is 20.2 Å². The number of nitrogens with one attached hydrogen (secondary N) is 1. The number of rotatable bonds is 7. The van der Waals surface area contributed by atoms with E-state index in [-0.39, 0.29) is 33.8 Å². The molecule has 0 bridgehead atoms. The summed E-state index contributed by atoms with van der Waals surface area (Å²) < 4.78 is 9.16. The summed E-state index contributed by atoms with van der Waals surface area (Å²) in [6, 6.07) is 13.3. The smallest absolute Gasteiger partial charge is 0.396 e. The third-order valence-electron chi connectivity index (χ3n) is 4.91. The molecule has 0 aliphatic carbocycles. The van der Waals surface area contributed by atoms with Crippen LogP contribution in [0.5, 0.6) is 5.75 Å². The van der Waals surface area contributed by atoms with Crippen molar-refractivity contribution in [1.29, 1.82) is 0 Å². The largest absolute Gasteiger partial charge is 0.466 e. The van der Waals surface area contributed by atoms with Gasteiger partial charge in [-0.3, -0.25) is 25.0 Å². The van der Waals surface area contributed by atoms with E-state index in [1.165, 1.54) is 48.5 Å². The Balaban J connectivity index is 1.72. The summed E-state index contributed by atoms with van der Waals surface area (Å²) in [4.78, 5) is 45.1. The summed E-state index contributed by atoms with van der Waals surface area (Å²) in [5.41, 5.74) is 0.186. The molecule has 190 valence electrons. The lowest BCUT2D eigenvalue weighted by Gasteiger charge is -2.26. The molecule has 0 aliphatic heterocycles. The van der Waals surface area contributed by atoms with Crippen LogP contribution in [0.3, 0.4) is 0 Å². The maximum absolute atomic E-state index is 12.8. The number of hydrogen-bond donors (Lipinski definition) is 1. The van der Waals surface area contributed by atoms with Crippen molar-refractivity contribution in [3.05, 3.63) is 96.2 Å². The van der Waals surface area contributed by atoms with Crippen molar-refractivity contribution in [2.24, 2.45) is 0 Å². The summed E-state index contributed by atoms with van der Waals surface area (Å²) in [6.45, 7) is 0. The Hall–Kier alpha value is -3.71. The molecule has 0 spiro atoms. The number of carbonyl (C=O) groups excluding carboxylic acids is 1. The van der Waals surface area contributed by atoms with Gasteiger partial charge in [-0.15, -0.1) is 0 Å². The van der Waals surface area contributed by atoms with E-state index in [1.54, 1.807) is 6.07 Å². The molecule has 15 heteroatoms. The van der Waals surface area contributed by atoms with Gasteiger partial charge in [-0.2, -0.15) is 0 Å². The molecule has 1 N–H and O–H groups in total. The number of fused-ring (bicyclic) bond motifs is 1. The number of amides is 1. The molecule has 0 saturated carbocycles. The van der Waals surface area contributed by atoms with Crippen molar-refractivity contribution in [3.63, 3.8) is 0 Å². The van der Waals surface area contributed by atoms with Crippen LogP contribution in [-0.4, -0.2) is 25.8 Å². The van der Waals surface area contributed by atoms with Crippen molar-refractivity contribution in [2.45, 2.75) is 10.0 Å². The number of halogens is 3. The summed E-state index contributed by atoms with van der Waals surface area (Å²) in [5, 5.41) is 24.6. The predicted octanol–water partition coefficient (Wildman–Crippen LogP) is 5.84. The highest BCUT2D eigenvalue weighted by molar-refractivity contribution is 7.16. The van der Waals surface area contributed by atoms with Gasteiger partial charge in [-0.1, -0.05) is 64.3 Å². The second kappa shape index (κ2) is 10.3. The Morgan fingerprint density at radius 3 is 2.30 bits per heavy atom. The fourth-order valence-corrected chi connectivity index (χ4v) is 4.32. The minimum Gasteiger partial charge on any atom is -0.466 e. The summed E-state index contributed by atoms with van der Waals surface area (Å²) >= 11 is 18.9. The molecule has 3 aromatic carbocycles. The van der Waals surface area contributed by atoms with Crippen LogP contribution in [-0.2, 0) is 0 Å². The Bertz CT molecular complexity index is 1600. The number of alkyl halides is 3. The van der Waals surface area contributed by atoms with Crippen LogP contribution in [0.15, 0.2) is 69.9 Å². The average Bonchev–Trinajstić information content (AvgIpc) is 3.22. The van der Waals surface area contributed by atoms with Gasteiger partial charge in [0.05, 0.1) is 14.5 Å². The Labute approximate surface area is 225 Å². The van der Waals surface area contributed by atoms with Crippen molar-refractivity contribution in [3.8, 4) is 16.9 Å². The third-order valence-corrected chi connectivity index (χ3v) is 6.28. The lowest BCUT2D eigenvalue weighted by Crippen LogP contribution is -2.47. The molecule has 1 unspecified atom stereocenters. The minimum atomic E-state index is -2.21. The quantitative estimate of drug-likeness (QED) is 0.123. The van der Waals surface area contributed by atoms with Gasteiger partial charge in [0.2, 0.25) is 10.0 Å². The summed E-state index contributed by atoms with van der Waals surface area (Å²) in [7, 11) is 0. The molecule has 1 atom stereocenters. The van der Waals surface area contributed by atoms with E-state index in [0.717, 1.165) is 17.4 Å². The first kappa shape index (κ1) is 26.4. The molecule has 1 heterocycles. The Morgan fingerprint density at radius 1 is 1.00 bits per heavy atom. The number of ether oxygens (including phenoxy) is 1. The van der Waals surface area contributed by atoms with Crippen LogP contribution < -0.4 is 15.0 Å². The molecule has 0 fully saturated rings. The standard InChI is InChI=1S/C22H12Cl3N3O8S/c23-22(24,25)20(26-19(29)12-4-2-6-14(8-12)28(33)34)35-15-9-16(18-17(10-15)37-21(30)36-18)11-3-1-5-13(7-11)27(31)32/h1-10,20H,(H,26,29). The fraction of sp³-hybridized carbons (Fsp3) is 0.0909. The first-order valence-electron chi connectivity index (χ1n) is 10.0. The normalized spacial score (nSPS) is 12.2. The van der Waals surface area contributed by atoms with Gasteiger partial charge < -0.3 is 14.5 Å². The second-order valence-corrected chi connectivity index (χ2v) is 10.7. The van der Waals surface area contributed by atoms with Crippen LogP contribution in [0.4, 0.5) is 11.4 Å². The Morgan fingerprint density at radius 2 is 1.65 bits per heavy atom. The SMILES string of the molecule is O=C(NC(Oc1cc(-c2cccc([N+](=O)[O-])c2)c2oc(=O)sc2c1)C(Cl)(Cl)Cl)c1cccc([N+](=O)[O-])c1. The van der Waals surface area contributed by atoms with E-state index in [4.69, 9.17) is 44.0 Å². The molecule has 4 aromatic rings. The number of nitro groups is 2. The van der Waals surface area contributed by atoms with Crippen molar-refractivity contribution in [2.75, 3.05) is 0 Å². The lowest BCUT2D eigenvalue weighted by molar-refractivity contribution is -0.385. The van der Waals surface area contributed by atoms with Gasteiger partial charge in [0.25, 0.3) is 17.3 Å². The maximum atomic E-state index is 12.8. The number of carbonyl (C=O) groups is 1. The molecule has 1 amide bonds. The van der Waals surface area contributed by atoms with Gasteiger partial charge >= 0.3 is 4.94 Å².